The number of nitrogens with one attached hydrogen (secondary N) is 1. The molecule has 16 heavy (non-hydrogen) atoms. The topological polar surface area (TPSA) is 47.0 Å². The predicted octanol–water partition coefficient (Wildman–Crippen LogP) is 1.92. The third-order valence-corrected chi connectivity index (χ3v) is 2.72. The molecule has 0 fully saturated rings. The molecule has 1 heterocycles. The molecule has 1 aromatic carbocycles. The smallest absolute Gasteiger partial charge is 0.145 e. The van der Waals surface area contributed by atoms with Crippen molar-refractivity contribution in [2.45, 2.75) is 13.0 Å². The summed E-state index contributed by atoms with van der Waals surface area (Å²) in [5.41, 5.74) is 1.85. The quantitative estimate of drug-likeness (QED) is 0.853. The van der Waals surface area contributed by atoms with Crippen molar-refractivity contribution in [3.8, 4) is 5.75 Å². The van der Waals surface area contributed by atoms with Gasteiger partial charge in [0, 0.05) is 11.4 Å². The van der Waals surface area contributed by atoms with Crippen LogP contribution >= 0.6 is 0 Å². The molecule has 1 atom stereocenters. The molecule has 0 radical (unpaired) electrons. The molecule has 0 amide bonds. The fraction of sp³-hybridized carbons (Fsp3) is 0.333. The molecule has 4 heteroatoms. The number of hydrogen-bond acceptors (Lipinski definition) is 4. The molecule has 0 saturated heterocycles. The molecule has 0 aliphatic carbocycles. The predicted molar refractivity (Wildman–Crippen MR) is 63.6 cm³/mol. The van der Waals surface area contributed by atoms with E-state index in [0.717, 1.165) is 22.3 Å². The summed E-state index contributed by atoms with van der Waals surface area (Å²) in [5.74, 6) is 0.782. The summed E-state index contributed by atoms with van der Waals surface area (Å²) in [6.45, 7) is 2.07. The van der Waals surface area contributed by atoms with Crippen LogP contribution in [0.25, 0.3) is 10.9 Å². The number of nitrogens with zero attached hydrogens (tertiary/aromatic N) is 2. The molecule has 0 bridgehead atoms. The molecule has 4 nitrogen and oxygen atoms in total. The van der Waals surface area contributed by atoms with E-state index in [2.05, 4.69) is 22.2 Å². The van der Waals surface area contributed by atoms with Crippen molar-refractivity contribution in [2.75, 3.05) is 14.2 Å². The maximum Gasteiger partial charge on any atom is 0.145 e. The number of rotatable bonds is 3. The van der Waals surface area contributed by atoms with Gasteiger partial charge in [-0.25, -0.2) is 9.97 Å². The summed E-state index contributed by atoms with van der Waals surface area (Å²) in [4.78, 5) is 8.59. The van der Waals surface area contributed by atoms with Crippen LogP contribution in [0.15, 0.2) is 24.5 Å². The van der Waals surface area contributed by atoms with Crippen molar-refractivity contribution in [1.29, 1.82) is 0 Å². The second kappa shape index (κ2) is 4.45. The van der Waals surface area contributed by atoms with Gasteiger partial charge in [0.25, 0.3) is 0 Å². The Hall–Kier alpha value is -1.68. The minimum Gasteiger partial charge on any atom is -0.494 e. The Morgan fingerprint density at radius 2 is 2.12 bits per heavy atom. The Morgan fingerprint density at radius 3 is 2.81 bits per heavy atom. The highest BCUT2D eigenvalue weighted by molar-refractivity contribution is 5.86. The second-order valence-corrected chi connectivity index (χ2v) is 3.63. The third kappa shape index (κ3) is 1.72. The lowest BCUT2D eigenvalue weighted by molar-refractivity contribution is 0.418. The first kappa shape index (κ1) is 10.8. The molecule has 1 N–H and O–H groups in total. The molecular weight excluding hydrogens is 202 g/mol. The molecule has 0 aliphatic rings. The van der Waals surface area contributed by atoms with Gasteiger partial charge in [-0.3, -0.25) is 0 Å². The molecule has 0 spiro atoms. The zero-order valence-corrected chi connectivity index (χ0v) is 9.69. The summed E-state index contributed by atoms with van der Waals surface area (Å²) >= 11 is 0. The van der Waals surface area contributed by atoms with E-state index in [4.69, 9.17) is 4.74 Å². The number of para-hydroxylation sites is 1. The minimum absolute atomic E-state index is 0.192. The number of fused-ring (bicyclic) bond motifs is 1. The zero-order chi connectivity index (χ0) is 11.5. The number of hydrogen-bond donors (Lipinski definition) is 1. The summed E-state index contributed by atoms with van der Waals surface area (Å²) in [7, 11) is 3.57. The molecule has 2 aromatic rings. The number of methoxy groups -OCH3 is 1. The van der Waals surface area contributed by atoms with Crippen molar-refractivity contribution < 1.29 is 4.74 Å². The van der Waals surface area contributed by atoms with Crippen LogP contribution in [-0.2, 0) is 0 Å². The third-order valence-electron chi connectivity index (χ3n) is 2.72. The van der Waals surface area contributed by atoms with Crippen LogP contribution in [0.4, 0.5) is 0 Å². The zero-order valence-electron chi connectivity index (χ0n) is 9.69. The normalized spacial score (nSPS) is 12.7. The van der Waals surface area contributed by atoms with Crippen LogP contribution in [0, 0.1) is 0 Å². The monoisotopic (exact) mass is 217 g/mol. The van der Waals surface area contributed by atoms with Gasteiger partial charge in [-0.1, -0.05) is 12.1 Å². The molecule has 0 aliphatic heterocycles. The van der Waals surface area contributed by atoms with E-state index in [0.29, 0.717) is 0 Å². The highest BCUT2D eigenvalue weighted by atomic mass is 16.5. The molecule has 1 unspecified atom stereocenters. The number of aromatic nitrogens is 2. The maximum absolute atomic E-state index is 5.29. The van der Waals surface area contributed by atoms with Crippen molar-refractivity contribution in [3.05, 3.63) is 30.2 Å². The summed E-state index contributed by atoms with van der Waals surface area (Å²) < 4.78 is 5.29. The van der Waals surface area contributed by atoms with Gasteiger partial charge in [0.1, 0.15) is 17.6 Å². The van der Waals surface area contributed by atoms with Crippen LogP contribution in [0.1, 0.15) is 18.7 Å². The SMILES string of the molecule is CNC(C)c1ncnc2c(OC)cccc12. The Labute approximate surface area is 94.7 Å². The van der Waals surface area contributed by atoms with Crippen molar-refractivity contribution in [1.82, 2.24) is 15.3 Å². The van der Waals surface area contributed by atoms with Crippen LogP contribution in [0.5, 0.6) is 5.75 Å². The van der Waals surface area contributed by atoms with Gasteiger partial charge in [-0.2, -0.15) is 0 Å². The lowest BCUT2D eigenvalue weighted by Crippen LogP contribution is -2.14. The summed E-state index contributed by atoms with van der Waals surface area (Å²) in [5, 5.41) is 4.21. The van der Waals surface area contributed by atoms with Gasteiger partial charge in [0.05, 0.1) is 12.8 Å². The van der Waals surface area contributed by atoms with E-state index >= 15 is 0 Å². The lowest BCUT2D eigenvalue weighted by atomic mass is 10.1. The van der Waals surface area contributed by atoms with Crippen molar-refractivity contribution >= 4 is 10.9 Å². The van der Waals surface area contributed by atoms with E-state index in [-0.39, 0.29) is 6.04 Å². The van der Waals surface area contributed by atoms with Gasteiger partial charge >= 0.3 is 0 Å². The van der Waals surface area contributed by atoms with Gasteiger partial charge in [0.15, 0.2) is 0 Å². The van der Waals surface area contributed by atoms with E-state index in [1.165, 1.54) is 0 Å². The van der Waals surface area contributed by atoms with E-state index in [9.17, 15) is 0 Å². The van der Waals surface area contributed by atoms with Crippen LogP contribution in [0.2, 0.25) is 0 Å². The average molecular weight is 217 g/mol. The molecule has 1 aromatic heterocycles. The second-order valence-electron chi connectivity index (χ2n) is 3.63. The van der Waals surface area contributed by atoms with E-state index in [1.54, 1.807) is 13.4 Å². The fourth-order valence-corrected chi connectivity index (χ4v) is 1.73. The van der Waals surface area contributed by atoms with Gasteiger partial charge in [-0.05, 0) is 20.0 Å². The number of benzene rings is 1. The van der Waals surface area contributed by atoms with Gasteiger partial charge in [0.2, 0.25) is 0 Å². The van der Waals surface area contributed by atoms with Crippen molar-refractivity contribution in [3.63, 3.8) is 0 Å². The van der Waals surface area contributed by atoms with Crippen molar-refractivity contribution in [2.24, 2.45) is 0 Å². The molecular formula is C12H15N3O. The Balaban J connectivity index is 2.69. The molecule has 2 rings (SSSR count). The first-order valence-electron chi connectivity index (χ1n) is 5.22. The van der Waals surface area contributed by atoms with E-state index in [1.807, 2.05) is 25.2 Å². The molecule has 84 valence electrons. The first-order valence-corrected chi connectivity index (χ1v) is 5.22. The highest BCUT2D eigenvalue weighted by Gasteiger charge is 2.11. The summed E-state index contributed by atoms with van der Waals surface area (Å²) in [6, 6.07) is 6.07. The first-order chi connectivity index (χ1) is 7.77. The molecule has 0 saturated carbocycles. The van der Waals surface area contributed by atoms with E-state index < -0.39 is 0 Å². The lowest BCUT2D eigenvalue weighted by Gasteiger charge is -2.12. The standard InChI is InChI=1S/C12H15N3O/c1-8(13-2)11-9-5-4-6-10(16-3)12(9)15-7-14-11/h4-8,13H,1-3H3. The number of ether oxygens (including phenoxy) is 1. The Morgan fingerprint density at radius 1 is 1.31 bits per heavy atom. The average Bonchev–Trinajstić information content (AvgIpc) is 2.36. The van der Waals surface area contributed by atoms with Crippen LogP contribution in [-0.4, -0.2) is 24.1 Å². The Kier molecular flexibility index (Phi) is 3.01. The minimum atomic E-state index is 0.192. The van der Waals surface area contributed by atoms with Crippen LogP contribution in [0.3, 0.4) is 0 Å². The highest BCUT2D eigenvalue weighted by Crippen LogP contribution is 2.26. The maximum atomic E-state index is 5.29. The Bertz CT molecular complexity index is 499. The largest absolute Gasteiger partial charge is 0.494 e. The van der Waals surface area contributed by atoms with Gasteiger partial charge < -0.3 is 10.1 Å². The summed E-state index contributed by atoms with van der Waals surface area (Å²) in [6.07, 6.45) is 1.58. The van der Waals surface area contributed by atoms with Crippen LogP contribution < -0.4 is 10.1 Å². The van der Waals surface area contributed by atoms with Gasteiger partial charge in [-0.15, -0.1) is 0 Å². The fourth-order valence-electron chi connectivity index (χ4n) is 1.73.